The topological polar surface area (TPSA) is 32.6 Å². The van der Waals surface area contributed by atoms with Crippen molar-refractivity contribution in [2.75, 3.05) is 0 Å². The molecule has 2 nitrogen and oxygen atoms in total. The van der Waals surface area contributed by atoms with E-state index in [1.54, 1.807) is 0 Å². The minimum absolute atomic E-state index is 0.347. The van der Waals surface area contributed by atoms with Gasteiger partial charge in [0.2, 0.25) is 0 Å². The molecule has 0 amide bonds. The lowest BCUT2D eigenvalue weighted by atomic mass is 10.1. The number of hydrogen-bond acceptors (Lipinski definition) is 2. The van der Waals surface area contributed by atoms with Crippen molar-refractivity contribution in [1.82, 2.24) is 0 Å². The van der Waals surface area contributed by atoms with E-state index < -0.39 is 0 Å². The van der Waals surface area contributed by atoms with Crippen molar-refractivity contribution in [3.05, 3.63) is 70.2 Å². The van der Waals surface area contributed by atoms with Gasteiger partial charge in [0.1, 0.15) is 0 Å². The van der Waals surface area contributed by atoms with Crippen LogP contribution in [0.3, 0.4) is 0 Å². The van der Waals surface area contributed by atoms with E-state index in [9.17, 15) is 0 Å². The summed E-state index contributed by atoms with van der Waals surface area (Å²) in [7, 11) is 0. The van der Waals surface area contributed by atoms with E-state index in [-0.39, 0.29) is 0 Å². The van der Waals surface area contributed by atoms with Gasteiger partial charge in [0, 0.05) is 15.6 Å². The molecule has 0 aromatic heterocycles. The lowest BCUT2D eigenvalue weighted by molar-refractivity contribution is 0.320. The average Bonchev–Trinajstić information content (AvgIpc) is 2.41. The molecule has 2 rings (SSSR count). The predicted octanol–water partition coefficient (Wildman–Crippen LogP) is 3.68. The van der Waals surface area contributed by atoms with Crippen molar-refractivity contribution in [2.24, 2.45) is 5.16 Å². The lowest BCUT2D eigenvalue weighted by Gasteiger charge is -1.97. The van der Waals surface area contributed by atoms with E-state index >= 15 is 0 Å². The summed E-state index contributed by atoms with van der Waals surface area (Å²) in [5.74, 6) is 5.82. The molecule has 18 heavy (non-hydrogen) atoms. The van der Waals surface area contributed by atoms with E-state index in [2.05, 4.69) is 32.9 Å². The van der Waals surface area contributed by atoms with E-state index in [0.29, 0.717) is 5.71 Å². The highest BCUT2D eigenvalue weighted by Crippen LogP contribution is 2.12. The summed E-state index contributed by atoms with van der Waals surface area (Å²) in [6.07, 6.45) is 0. The van der Waals surface area contributed by atoms with Crippen molar-refractivity contribution >= 4 is 21.6 Å². The molecule has 2 aromatic rings. The highest BCUT2D eigenvalue weighted by molar-refractivity contribution is 9.10. The molecule has 0 fully saturated rings. The SMILES string of the molecule is O/N=C(/C#Cc1ccccc1)c1cccc(Br)c1. The third-order valence-corrected chi connectivity index (χ3v) is 2.79. The molecule has 1 N–H and O–H groups in total. The molecule has 0 unspecified atom stereocenters. The zero-order valence-corrected chi connectivity index (χ0v) is 11.1. The summed E-state index contributed by atoms with van der Waals surface area (Å²) in [5.41, 5.74) is 2.00. The standard InChI is InChI=1S/C15H10BrNO/c16-14-8-4-7-13(11-14)15(17-18)10-9-12-5-2-1-3-6-12/h1-8,11,18H/b17-15-. The fourth-order valence-electron chi connectivity index (χ4n) is 1.44. The van der Waals surface area contributed by atoms with Crippen LogP contribution in [0.2, 0.25) is 0 Å². The van der Waals surface area contributed by atoms with Gasteiger partial charge in [0.15, 0.2) is 5.71 Å². The van der Waals surface area contributed by atoms with Crippen LogP contribution in [0, 0.1) is 11.8 Å². The van der Waals surface area contributed by atoms with E-state index in [4.69, 9.17) is 5.21 Å². The minimum Gasteiger partial charge on any atom is -0.410 e. The number of benzene rings is 2. The van der Waals surface area contributed by atoms with Crippen LogP contribution in [-0.2, 0) is 0 Å². The van der Waals surface area contributed by atoms with Gasteiger partial charge in [-0.05, 0) is 30.2 Å². The molecular formula is C15H10BrNO. The Morgan fingerprint density at radius 3 is 2.50 bits per heavy atom. The molecule has 3 heteroatoms. The summed E-state index contributed by atoms with van der Waals surface area (Å²) in [5, 5.41) is 12.3. The molecule has 0 radical (unpaired) electrons. The monoisotopic (exact) mass is 299 g/mol. The first kappa shape index (κ1) is 12.4. The number of halogens is 1. The van der Waals surface area contributed by atoms with Crippen molar-refractivity contribution in [3.63, 3.8) is 0 Å². The van der Waals surface area contributed by atoms with Gasteiger partial charge in [0.25, 0.3) is 0 Å². The van der Waals surface area contributed by atoms with Gasteiger partial charge in [-0.3, -0.25) is 0 Å². The first-order valence-electron chi connectivity index (χ1n) is 5.34. The van der Waals surface area contributed by atoms with Crippen LogP contribution in [0.25, 0.3) is 0 Å². The fourth-order valence-corrected chi connectivity index (χ4v) is 1.84. The zero-order valence-electron chi connectivity index (χ0n) is 9.47. The Morgan fingerprint density at radius 1 is 1.06 bits per heavy atom. The molecule has 0 saturated carbocycles. The second-order valence-electron chi connectivity index (χ2n) is 3.57. The molecule has 0 aliphatic heterocycles. The van der Waals surface area contributed by atoms with Gasteiger partial charge in [-0.15, -0.1) is 0 Å². The van der Waals surface area contributed by atoms with Crippen LogP contribution in [0.15, 0.2) is 64.2 Å². The van der Waals surface area contributed by atoms with E-state index in [1.165, 1.54) is 0 Å². The summed E-state index contributed by atoms with van der Waals surface area (Å²) in [6, 6.07) is 17.1. The zero-order chi connectivity index (χ0) is 12.8. The number of oxime groups is 1. The fraction of sp³-hybridized carbons (Fsp3) is 0. The molecule has 0 aliphatic carbocycles. The smallest absolute Gasteiger partial charge is 0.160 e. The molecule has 0 spiro atoms. The van der Waals surface area contributed by atoms with Crippen LogP contribution in [0.4, 0.5) is 0 Å². The molecule has 0 heterocycles. The molecule has 0 bridgehead atoms. The average molecular weight is 300 g/mol. The Balaban J connectivity index is 2.30. The second kappa shape index (κ2) is 6.04. The van der Waals surface area contributed by atoms with Crippen LogP contribution >= 0.6 is 15.9 Å². The highest BCUT2D eigenvalue weighted by atomic mass is 79.9. The molecule has 0 aliphatic rings. The van der Waals surface area contributed by atoms with Gasteiger partial charge in [0.05, 0.1) is 0 Å². The predicted molar refractivity (Wildman–Crippen MR) is 75.8 cm³/mol. The van der Waals surface area contributed by atoms with Gasteiger partial charge in [-0.1, -0.05) is 57.3 Å². The Labute approximate surface area is 114 Å². The quantitative estimate of drug-likeness (QED) is 0.370. The van der Waals surface area contributed by atoms with E-state index in [1.807, 2.05) is 54.6 Å². The largest absolute Gasteiger partial charge is 0.410 e. The van der Waals surface area contributed by atoms with Gasteiger partial charge in [-0.25, -0.2) is 0 Å². The van der Waals surface area contributed by atoms with Crippen LogP contribution in [0.1, 0.15) is 11.1 Å². The molecule has 0 saturated heterocycles. The van der Waals surface area contributed by atoms with E-state index in [0.717, 1.165) is 15.6 Å². The van der Waals surface area contributed by atoms with Gasteiger partial charge in [-0.2, -0.15) is 0 Å². The summed E-state index contributed by atoms with van der Waals surface area (Å²) in [4.78, 5) is 0. The summed E-state index contributed by atoms with van der Waals surface area (Å²) >= 11 is 3.37. The molecule has 2 aromatic carbocycles. The Kier molecular flexibility index (Phi) is 4.16. The second-order valence-corrected chi connectivity index (χ2v) is 4.49. The first-order chi connectivity index (χ1) is 8.79. The Bertz CT molecular complexity index is 624. The highest BCUT2D eigenvalue weighted by Gasteiger charge is 2.00. The van der Waals surface area contributed by atoms with Crippen LogP contribution < -0.4 is 0 Å². The van der Waals surface area contributed by atoms with Gasteiger partial charge < -0.3 is 5.21 Å². The maximum Gasteiger partial charge on any atom is 0.160 e. The maximum atomic E-state index is 9.02. The van der Waals surface area contributed by atoms with Crippen molar-refractivity contribution < 1.29 is 5.21 Å². The maximum absolute atomic E-state index is 9.02. The number of hydrogen-bond donors (Lipinski definition) is 1. The Hall–Kier alpha value is -2.05. The normalized spacial score (nSPS) is 10.6. The molecule has 88 valence electrons. The third kappa shape index (κ3) is 3.22. The summed E-state index contributed by atoms with van der Waals surface area (Å²) < 4.78 is 0.919. The van der Waals surface area contributed by atoms with Crippen LogP contribution in [-0.4, -0.2) is 10.9 Å². The molecular weight excluding hydrogens is 290 g/mol. The van der Waals surface area contributed by atoms with Crippen LogP contribution in [0.5, 0.6) is 0 Å². The van der Waals surface area contributed by atoms with Crippen molar-refractivity contribution in [2.45, 2.75) is 0 Å². The Morgan fingerprint density at radius 2 is 1.83 bits per heavy atom. The number of rotatable bonds is 1. The third-order valence-electron chi connectivity index (χ3n) is 2.30. The van der Waals surface area contributed by atoms with Gasteiger partial charge >= 0.3 is 0 Å². The number of nitrogens with zero attached hydrogens (tertiary/aromatic N) is 1. The minimum atomic E-state index is 0.347. The first-order valence-corrected chi connectivity index (χ1v) is 6.14. The molecule has 0 atom stereocenters. The van der Waals surface area contributed by atoms with Crippen molar-refractivity contribution in [3.8, 4) is 11.8 Å². The summed E-state index contributed by atoms with van der Waals surface area (Å²) in [6.45, 7) is 0. The lowest BCUT2D eigenvalue weighted by Crippen LogP contribution is -1.97. The van der Waals surface area contributed by atoms with Crippen molar-refractivity contribution in [1.29, 1.82) is 0 Å².